The topological polar surface area (TPSA) is 37.2 Å². The molecule has 2 aromatic heterocycles. The SMILES string of the molecule is CCCCc1nc2c(C)cc(C)nc2n1Cc1ccc(C=CCN2CCC(N3CCCCC3)CC2)cc1.Cl.Cl. The quantitative estimate of drug-likeness (QED) is 0.271. The molecule has 2 aliphatic heterocycles. The van der Waals surface area contributed by atoms with E-state index in [-0.39, 0.29) is 24.8 Å². The number of unbranched alkanes of at least 4 members (excludes halogenated alkanes) is 1. The van der Waals surface area contributed by atoms with Crippen LogP contribution >= 0.6 is 24.8 Å². The summed E-state index contributed by atoms with van der Waals surface area (Å²) in [6, 6.07) is 12.0. The molecule has 7 heteroatoms. The summed E-state index contributed by atoms with van der Waals surface area (Å²) in [4.78, 5) is 15.3. The van der Waals surface area contributed by atoms with Gasteiger partial charge in [0.25, 0.3) is 0 Å². The number of imidazole rings is 1. The lowest BCUT2D eigenvalue weighted by Crippen LogP contribution is -2.46. The van der Waals surface area contributed by atoms with E-state index in [0.29, 0.717) is 0 Å². The number of hydrogen-bond acceptors (Lipinski definition) is 4. The normalized spacial score (nSPS) is 17.4. The van der Waals surface area contributed by atoms with Crippen LogP contribution < -0.4 is 0 Å². The second kappa shape index (κ2) is 15.2. The van der Waals surface area contributed by atoms with Crippen LogP contribution in [0.15, 0.2) is 36.4 Å². The Bertz CT molecular complexity index is 1190. The number of rotatable bonds is 9. The van der Waals surface area contributed by atoms with Crippen LogP contribution in [0.1, 0.15) is 80.1 Å². The van der Waals surface area contributed by atoms with Crippen LogP contribution in [0, 0.1) is 13.8 Å². The lowest BCUT2D eigenvalue weighted by molar-refractivity contribution is 0.0975. The zero-order valence-corrected chi connectivity index (χ0v) is 25.7. The van der Waals surface area contributed by atoms with Crippen molar-refractivity contribution in [1.82, 2.24) is 24.3 Å². The fourth-order valence-corrected chi connectivity index (χ4v) is 6.15. The number of halogens is 2. The molecule has 214 valence electrons. The molecule has 0 bridgehead atoms. The number of pyridine rings is 1. The van der Waals surface area contributed by atoms with Crippen LogP contribution in [-0.4, -0.2) is 63.1 Å². The summed E-state index contributed by atoms with van der Waals surface area (Å²) < 4.78 is 2.34. The molecular formula is C32H47Cl2N5. The van der Waals surface area contributed by atoms with Gasteiger partial charge in [-0.25, -0.2) is 9.97 Å². The van der Waals surface area contributed by atoms with Crippen molar-refractivity contribution in [3.8, 4) is 0 Å². The minimum atomic E-state index is 0. The summed E-state index contributed by atoms with van der Waals surface area (Å²) in [5.74, 6) is 1.16. The van der Waals surface area contributed by atoms with Crippen molar-refractivity contribution in [2.75, 3.05) is 32.7 Å². The van der Waals surface area contributed by atoms with Crippen LogP contribution in [-0.2, 0) is 13.0 Å². The number of likely N-dealkylation sites (tertiary alicyclic amines) is 2. The second-order valence-electron chi connectivity index (χ2n) is 11.2. The molecule has 2 fully saturated rings. The molecule has 2 aliphatic rings. The van der Waals surface area contributed by atoms with Crippen LogP contribution in [0.5, 0.6) is 0 Å². The number of fused-ring (bicyclic) bond motifs is 1. The average molecular weight is 573 g/mol. The van der Waals surface area contributed by atoms with Crippen LogP contribution in [0.4, 0.5) is 0 Å². The lowest BCUT2D eigenvalue weighted by Gasteiger charge is -2.40. The Kier molecular flexibility index (Phi) is 12.3. The largest absolute Gasteiger partial charge is 0.308 e. The van der Waals surface area contributed by atoms with Crippen molar-refractivity contribution >= 4 is 42.1 Å². The van der Waals surface area contributed by atoms with Crippen LogP contribution in [0.2, 0.25) is 0 Å². The summed E-state index contributed by atoms with van der Waals surface area (Å²) in [6.45, 7) is 13.5. The maximum Gasteiger partial charge on any atom is 0.160 e. The number of piperidine rings is 2. The van der Waals surface area contributed by atoms with E-state index >= 15 is 0 Å². The Morgan fingerprint density at radius 2 is 1.64 bits per heavy atom. The van der Waals surface area contributed by atoms with Gasteiger partial charge >= 0.3 is 0 Å². The van der Waals surface area contributed by atoms with E-state index in [4.69, 9.17) is 9.97 Å². The van der Waals surface area contributed by atoms with Gasteiger partial charge < -0.3 is 9.47 Å². The summed E-state index contributed by atoms with van der Waals surface area (Å²) in [5, 5.41) is 0. The maximum absolute atomic E-state index is 5.00. The molecule has 5 rings (SSSR count). The van der Waals surface area contributed by atoms with Crippen molar-refractivity contribution in [3.63, 3.8) is 0 Å². The van der Waals surface area contributed by atoms with E-state index < -0.39 is 0 Å². The molecule has 0 radical (unpaired) electrons. The van der Waals surface area contributed by atoms with Crippen molar-refractivity contribution in [2.24, 2.45) is 0 Å². The van der Waals surface area contributed by atoms with Gasteiger partial charge in [0.15, 0.2) is 5.65 Å². The first-order chi connectivity index (χ1) is 18.1. The van der Waals surface area contributed by atoms with Gasteiger partial charge in [-0.1, -0.05) is 56.2 Å². The van der Waals surface area contributed by atoms with E-state index in [1.54, 1.807) is 0 Å². The molecule has 4 heterocycles. The number of hydrogen-bond donors (Lipinski definition) is 0. The summed E-state index contributed by atoms with van der Waals surface area (Å²) in [7, 11) is 0. The third-order valence-electron chi connectivity index (χ3n) is 8.31. The zero-order chi connectivity index (χ0) is 25.6. The number of benzene rings is 1. The Morgan fingerprint density at radius 3 is 2.33 bits per heavy atom. The highest BCUT2D eigenvalue weighted by atomic mass is 35.5. The van der Waals surface area contributed by atoms with Gasteiger partial charge in [0, 0.05) is 24.7 Å². The van der Waals surface area contributed by atoms with Gasteiger partial charge in [0.05, 0.1) is 6.54 Å². The van der Waals surface area contributed by atoms with Gasteiger partial charge in [-0.2, -0.15) is 0 Å². The van der Waals surface area contributed by atoms with Crippen LogP contribution in [0.3, 0.4) is 0 Å². The van der Waals surface area contributed by atoms with E-state index in [9.17, 15) is 0 Å². The Labute approximate surface area is 247 Å². The zero-order valence-electron chi connectivity index (χ0n) is 24.1. The van der Waals surface area contributed by atoms with Gasteiger partial charge in [0.1, 0.15) is 11.3 Å². The van der Waals surface area contributed by atoms with Crippen molar-refractivity contribution in [3.05, 3.63) is 64.6 Å². The molecule has 0 unspecified atom stereocenters. The standard InChI is InChI=1S/C32H45N5.2ClH/c1-4-5-11-30-34-31-25(2)23-26(3)33-32(31)37(30)24-28-14-12-27(13-15-28)10-9-18-35-21-16-29(17-22-35)36-19-7-6-8-20-36;;/h9-10,12-15,23,29H,4-8,11,16-22,24H2,1-3H3;2*1H. The lowest BCUT2D eigenvalue weighted by atomic mass is 10.00. The molecule has 39 heavy (non-hydrogen) atoms. The third kappa shape index (κ3) is 8.07. The predicted octanol–water partition coefficient (Wildman–Crippen LogP) is 7.25. The Balaban J connectivity index is 0.00000210. The molecule has 0 spiro atoms. The van der Waals surface area contributed by atoms with E-state index in [1.165, 1.54) is 81.4 Å². The van der Waals surface area contributed by atoms with Gasteiger partial charge in [0.2, 0.25) is 0 Å². The molecule has 0 saturated carbocycles. The fourth-order valence-electron chi connectivity index (χ4n) is 6.15. The number of aromatic nitrogens is 3. The molecule has 0 N–H and O–H groups in total. The number of aryl methyl sites for hydroxylation is 3. The molecule has 3 aromatic rings. The van der Waals surface area contributed by atoms with Crippen LogP contribution in [0.25, 0.3) is 17.2 Å². The molecule has 0 atom stereocenters. The fraction of sp³-hybridized carbons (Fsp3) is 0.562. The highest BCUT2D eigenvalue weighted by molar-refractivity contribution is 5.85. The summed E-state index contributed by atoms with van der Waals surface area (Å²) >= 11 is 0. The minimum absolute atomic E-state index is 0. The second-order valence-corrected chi connectivity index (χ2v) is 11.2. The molecule has 0 amide bonds. The first-order valence-electron chi connectivity index (χ1n) is 14.7. The van der Waals surface area contributed by atoms with Gasteiger partial charge in [-0.3, -0.25) is 4.90 Å². The Hall–Kier alpha value is -1.92. The molecule has 5 nitrogen and oxygen atoms in total. The first kappa shape index (κ1) is 31.6. The molecule has 1 aromatic carbocycles. The first-order valence-corrected chi connectivity index (χ1v) is 14.7. The maximum atomic E-state index is 5.00. The highest BCUT2D eigenvalue weighted by Crippen LogP contribution is 2.23. The van der Waals surface area contributed by atoms with E-state index in [0.717, 1.165) is 54.7 Å². The highest BCUT2D eigenvalue weighted by Gasteiger charge is 2.25. The van der Waals surface area contributed by atoms with Crippen molar-refractivity contribution in [2.45, 2.75) is 84.7 Å². The van der Waals surface area contributed by atoms with Crippen molar-refractivity contribution < 1.29 is 0 Å². The monoisotopic (exact) mass is 571 g/mol. The number of nitrogens with zero attached hydrogens (tertiary/aromatic N) is 5. The van der Waals surface area contributed by atoms with Crippen molar-refractivity contribution in [1.29, 1.82) is 0 Å². The summed E-state index contributed by atoms with van der Waals surface area (Å²) in [5.41, 5.74) is 6.93. The Morgan fingerprint density at radius 1 is 0.923 bits per heavy atom. The smallest absolute Gasteiger partial charge is 0.160 e. The van der Waals surface area contributed by atoms with Gasteiger partial charge in [-0.05, 0) is 94.9 Å². The average Bonchev–Trinajstić information content (AvgIpc) is 3.26. The molecular weight excluding hydrogens is 525 g/mol. The third-order valence-corrected chi connectivity index (χ3v) is 8.31. The summed E-state index contributed by atoms with van der Waals surface area (Å²) in [6.07, 6.45) is 14.9. The van der Waals surface area contributed by atoms with Gasteiger partial charge in [-0.15, -0.1) is 24.8 Å². The van der Waals surface area contributed by atoms with E-state index in [1.807, 2.05) is 0 Å². The molecule has 0 aliphatic carbocycles. The predicted molar refractivity (Wildman–Crippen MR) is 170 cm³/mol. The minimum Gasteiger partial charge on any atom is -0.308 e. The molecule has 2 saturated heterocycles. The van der Waals surface area contributed by atoms with E-state index in [2.05, 4.69) is 77.6 Å².